The Labute approximate surface area is 146 Å². The highest BCUT2D eigenvalue weighted by molar-refractivity contribution is 5.79. The highest BCUT2D eigenvalue weighted by Crippen LogP contribution is 2.33. The monoisotopic (exact) mass is 345 g/mol. The normalized spacial score (nSPS) is 17.2. The highest BCUT2D eigenvalue weighted by atomic mass is 16.5. The van der Waals surface area contributed by atoms with Crippen molar-refractivity contribution in [1.29, 1.82) is 0 Å². The molecule has 0 radical (unpaired) electrons. The van der Waals surface area contributed by atoms with Crippen molar-refractivity contribution in [2.45, 2.75) is 12.3 Å². The second kappa shape index (κ2) is 7.57. The SMILES string of the molecule is COCCN1C[C@H](c2ncc(-c3ccc(OC)c(OC)c3)[nH]2)CC1=O. The van der Waals surface area contributed by atoms with Gasteiger partial charge in [0.15, 0.2) is 11.5 Å². The number of likely N-dealkylation sites (tertiary alicyclic amines) is 1. The number of rotatable bonds is 7. The zero-order chi connectivity index (χ0) is 17.8. The molecule has 1 aromatic heterocycles. The number of carbonyl (C=O) groups is 1. The lowest BCUT2D eigenvalue weighted by Crippen LogP contribution is -2.28. The molecule has 2 heterocycles. The summed E-state index contributed by atoms with van der Waals surface area (Å²) < 4.78 is 15.7. The Morgan fingerprint density at radius 3 is 2.76 bits per heavy atom. The van der Waals surface area contributed by atoms with Crippen LogP contribution in [0.3, 0.4) is 0 Å². The maximum Gasteiger partial charge on any atom is 0.223 e. The van der Waals surface area contributed by atoms with E-state index in [1.165, 1.54) is 0 Å². The number of methoxy groups -OCH3 is 3. The van der Waals surface area contributed by atoms with Crippen molar-refractivity contribution in [3.63, 3.8) is 0 Å². The first kappa shape index (κ1) is 17.3. The molecule has 2 aromatic rings. The van der Waals surface area contributed by atoms with Gasteiger partial charge in [-0.2, -0.15) is 0 Å². The van der Waals surface area contributed by atoms with Crippen LogP contribution in [0.4, 0.5) is 0 Å². The van der Waals surface area contributed by atoms with E-state index in [0.29, 0.717) is 37.6 Å². The number of carbonyl (C=O) groups excluding carboxylic acids is 1. The summed E-state index contributed by atoms with van der Waals surface area (Å²) in [5.41, 5.74) is 1.84. The van der Waals surface area contributed by atoms with Gasteiger partial charge in [0.1, 0.15) is 5.82 Å². The standard InChI is InChI=1S/C18H23N3O4/c1-23-7-6-21-11-13(9-17(21)22)18-19-10-14(20-18)12-4-5-15(24-2)16(8-12)25-3/h4-5,8,10,13H,6-7,9,11H2,1-3H3,(H,19,20)/t13-/m1/s1. The summed E-state index contributed by atoms with van der Waals surface area (Å²) in [6.45, 7) is 1.84. The van der Waals surface area contributed by atoms with E-state index in [-0.39, 0.29) is 11.8 Å². The largest absolute Gasteiger partial charge is 0.493 e. The Hall–Kier alpha value is -2.54. The van der Waals surface area contributed by atoms with E-state index in [4.69, 9.17) is 14.2 Å². The van der Waals surface area contributed by atoms with Gasteiger partial charge in [-0.3, -0.25) is 4.79 Å². The molecule has 1 aliphatic heterocycles. The fourth-order valence-corrected chi connectivity index (χ4v) is 3.07. The van der Waals surface area contributed by atoms with Crippen LogP contribution in [0.1, 0.15) is 18.2 Å². The fraction of sp³-hybridized carbons (Fsp3) is 0.444. The van der Waals surface area contributed by atoms with E-state index < -0.39 is 0 Å². The molecule has 3 rings (SSSR count). The van der Waals surface area contributed by atoms with Crippen molar-refractivity contribution in [1.82, 2.24) is 14.9 Å². The molecule has 0 unspecified atom stereocenters. The molecule has 1 saturated heterocycles. The van der Waals surface area contributed by atoms with Crippen LogP contribution in [0.25, 0.3) is 11.3 Å². The number of imidazole rings is 1. The summed E-state index contributed by atoms with van der Waals surface area (Å²) in [6, 6.07) is 5.71. The number of amides is 1. The van der Waals surface area contributed by atoms with E-state index in [2.05, 4.69) is 9.97 Å². The number of H-pyrrole nitrogens is 1. The average Bonchev–Trinajstić information content (AvgIpc) is 3.26. The molecule has 1 N–H and O–H groups in total. The Balaban J connectivity index is 1.76. The first-order valence-corrected chi connectivity index (χ1v) is 8.20. The Morgan fingerprint density at radius 2 is 2.04 bits per heavy atom. The third kappa shape index (κ3) is 3.61. The molecular formula is C18H23N3O4. The van der Waals surface area contributed by atoms with E-state index in [9.17, 15) is 4.79 Å². The van der Waals surface area contributed by atoms with Crippen molar-refractivity contribution >= 4 is 5.91 Å². The van der Waals surface area contributed by atoms with Crippen LogP contribution in [0.5, 0.6) is 11.5 Å². The molecule has 25 heavy (non-hydrogen) atoms. The quantitative estimate of drug-likeness (QED) is 0.831. The van der Waals surface area contributed by atoms with Crippen LogP contribution in [-0.4, -0.2) is 61.8 Å². The summed E-state index contributed by atoms with van der Waals surface area (Å²) in [7, 11) is 4.86. The predicted octanol–water partition coefficient (Wildman–Crippen LogP) is 2.06. The van der Waals surface area contributed by atoms with Crippen molar-refractivity contribution in [3.05, 3.63) is 30.2 Å². The van der Waals surface area contributed by atoms with Crippen molar-refractivity contribution in [2.24, 2.45) is 0 Å². The minimum atomic E-state index is 0.0817. The van der Waals surface area contributed by atoms with Crippen LogP contribution in [0.2, 0.25) is 0 Å². The van der Waals surface area contributed by atoms with Crippen LogP contribution < -0.4 is 9.47 Å². The van der Waals surface area contributed by atoms with Gasteiger partial charge >= 0.3 is 0 Å². The number of nitrogens with zero attached hydrogens (tertiary/aromatic N) is 2. The number of aromatic nitrogens is 2. The topological polar surface area (TPSA) is 76.7 Å². The number of hydrogen-bond donors (Lipinski definition) is 1. The number of ether oxygens (including phenoxy) is 3. The molecule has 134 valence electrons. The molecule has 1 aromatic carbocycles. The number of benzene rings is 1. The van der Waals surface area contributed by atoms with Gasteiger partial charge in [0, 0.05) is 38.1 Å². The molecule has 0 bridgehead atoms. The van der Waals surface area contributed by atoms with Crippen LogP contribution in [-0.2, 0) is 9.53 Å². The minimum Gasteiger partial charge on any atom is -0.493 e. The zero-order valence-electron chi connectivity index (χ0n) is 14.7. The van der Waals surface area contributed by atoms with Gasteiger partial charge in [-0.25, -0.2) is 4.98 Å². The van der Waals surface area contributed by atoms with Crippen molar-refractivity contribution < 1.29 is 19.0 Å². The van der Waals surface area contributed by atoms with Crippen LogP contribution in [0, 0.1) is 0 Å². The maximum atomic E-state index is 12.1. The maximum absolute atomic E-state index is 12.1. The molecule has 7 heteroatoms. The van der Waals surface area contributed by atoms with E-state index in [0.717, 1.165) is 17.1 Å². The van der Waals surface area contributed by atoms with Crippen molar-refractivity contribution in [3.8, 4) is 22.8 Å². The lowest BCUT2D eigenvalue weighted by Gasteiger charge is -2.15. The first-order valence-electron chi connectivity index (χ1n) is 8.20. The summed E-state index contributed by atoms with van der Waals surface area (Å²) in [6.07, 6.45) is 2.27. The molecule has 0 aliphatic carbocycles. The summed E-state index contributed by atoms with van der Waals surface area (Å²) >= 11 is 0. The van der Waals surface area contributed by atoms with Gasteiger partial charge in [0.25, 0.3) is 0 Å². The molecular weight excluding hydrogens is 322 g/mol. The van der Waals surface area contributed by atoms with E-state index in [1.54, 1.807) is 27.5 Å². The van der Waals surface area contributed by atoms with Crippen LogP contribution >= 0.6 is 0 Å². The number of aromatic amines is 1. The molecule has 1 amide bonds. The van der Waals surface area contributed by atoms with Crippen LogP contribution in [0.15, 0.2) is 24.4 Å². The van der Waals surface area contributed by atoms with Gasteiger partial charge in [-0.15, -0.1) is 0 Å². The Bertz CT molecular complexity index is 744. The lowest BCUT2D eigenvalue weighted by molar-refractivity contribution is -0.128. The van der Waals surface area contributed by atoms with E-state index >= 15 is 0 Å². The van der Waals surface area contributed by atoms with Gasteiger partial charge in [0.2, 0.25) is 5.91 Å². The van der Waals surface area contributed by atoms with Gasteiger partial charge in [-0.05, 0) is 18.2 Å². The number of nitrogens with one attached hydrogen (secondary N) is 1. The fourth-order valence-electron chi connectivity index (χ4n) is 3.07. The Morgan fingerprint density at radius 1 is 1.24 bits per heavy atom. The Kier molecular flexibility index (Phi) is 5.23. The minimum absolute atomic E-state index is 0.0817. The third-order valence-corrected chi connectivity index (χ3v) is 4.46. The van der Waals surface area contributed by atoms with Gasteiger partial charge in [-0.1, -0.05) is 0 Å². The summed E-state index contributed by atoms with van der Waals surface area (Å²) in [5, 5.41) is 0. The lowest BCUT2D eigenvalue weighted by atomic mass is 10.1. The molecule has 7 nitrogen and oxygen atoms in total. The third-order valence-electron chi connectivity index (χ3n) is 4.46. The smallest absolute Gasteiger partial charge is 0.223 e. The second-order valence-electron chi connectivity index (χ2n) is 5.99. The molecule has 1 aliphatic rings. The van der Waals surface area contributed by atoms with Crippen molar-refractivity contribution in [2.75, 3.05) is 41.0 Å². The molecule has 1 fully saturated rings. The number of hydrogen-bond acceptors (Lipinski definition) is 5. The first-order chi connectivity index (χ1) is 12.2. The zero-order valence-corrected chi connectivity index (χ0v) is 14.7. The summed E-state index contributed by atoms with van der Waals surface area (Å²) in [5.74, 6) is 2.40. The van der Waals surface area contributed by atoms with Gasteiger partial charge in [0.05, 0.1) is 32.7 Å². The predicted molar refractivity (Wildman–Crippen MR) is 92.9 cm³/mol. The summed E-state index contributed by atoms with van der Waals surface area (Å²) in [4.78, 5) is 21.7. The molecule has 0 spiro atoms. The van der Waals surface area contributed by atoms with E-state index in [1.807, 2.05) is 23.1 Å². The molecule has 1 atom stereocenters. The molecule has 0 saturated carbocycles. The highest BCUT2D eigenvalue weighted by Gasteiger charge is 2.32. The second-order valence-corrected chi connectivity index (χ2v) is 5.99. The average molecular weight is 345 g/mol. The van der Waals surface area contributed by atoms with Gasteiger partial charge < -0.3 is 24.1 Å².